The average molecular weight is 485 g/mol. The first-order valence-electron chi connectivity index (χ1n) is 11.1. The molecule has 0 aliphatic carbocycles. The Kier molecular flexibility index (Phi) is 5.53. The van der Waals surface area contributed by atoms with Crippen LogP contribution in [0.1, 0.15) is 22.5 Å². The zero-order valence-corrected chi connectivity index (χ0v) is 20.4. The molecule has 0 amide bonds. The van der Waals surface area contributed by atoms with Gasteiger partial charge in [0.15, 0.2) is 0 Å². The number of non-ortho nitro benzene ring substituents is 1. The third kappa shape index (κ3) is 3.82. The van der Waals surface area contributed by atoms with Gasteiger partial charge in [-0.2, -0.15) is 9.88 Å². The molecule has 0 radical (unpaired) electrons. The van der Waals surface area contributed by atoms with Crippen molar-refractivity contribution in [2.45, 2.75) is 20.8 Å². The van der Waals surface area contributed by atoms with E-state index in [0.29, 0.717) is 16.7 Å². The number of nitrogens with zero attached hydrogens (tertiary/aromatic N) is 4. The number of aryl methyl sites for hydroxylation is 1. The number of benzene rings is 3. The first-order valence-corrected chi connectivity index (χ1v) is 12.8. The molecule has 0 bridgehead atoms. The summed E-state index contributed by atoms with van der Waals surface area (Å²) in [6, 6.07) is 23.4. The zero-order valence-electron chi connectivity index (χ0n) is 19.5. The summed E-state index contributed by atoms with van der Waals surface area (Å²) >= 11 is 0. The largest absolute Gasteiger partial charge is 0.317 e. The van der Waals surface area contributed by atoms with E-state index < -0.39 is 12.4 Å². The lowest BCUT2D eigenvalue weighted by molar-refractivity contribution is -0.384. The number of fused-ring (bicyclic) bond motifs is 1. The molecule has 0 spiro atoms. The van der Waals surface area contributed by atoms with Crippen molar-refractivity contribution in [3.63, 3.8) is 0 Å². The van der Waals surface area contributed by atoms with Gasteiger partial charge < -0.3 is 9.65 Å². The second-order valence-electron chi connectivity index (χ2n) is 8.47. The summed E-state index contributed by atoms with van der Waals surface area (Å²) in [5, 5.41) is 19.6. The van der Waals surface area contributed by atoms with Gasteiger partial charge in [0.25, 0.3) is 5.69 Å². The Hall–Kier alpha value is -4.16. The number of hydrogen-bond donors (Lipinski definition) is 1. The quantitative estimate of drug-likeness (QED) is 0.210. The van der Waals surface area contributed by atoms with Gasteiger partial charge in [-0.1, -0.05) is 35.9 Å². The minimum absolute atomic E-state index is 0.0337. The van der Waals surface area contributed by atoms with Crippen LogP contribution in [0.5, 0.6) is 0 Å². The maximum absolute atomic E-state index is 15.0. The standard InChI is InChI=1S/C26H24N5O3P/c1-18-9-13-22(14-10-18)29-19(2)25-17-27-30(23-7-5-4-6-8-23)35(34,26(25)20(29)3)28-21-11-15-24(16-12-21)31(32)33/h4-17H,1-3H3,(H,28,34). The summed E-state index contributed by atoms with van der Waals surface area (Å²) in [6.07, 6.45) is 1.75. The molecule has 0 fully saturated rings. The van der Waals surface area contributed by atoms with E-state index in [4.69, 9.17) is 0 Å². The van der Waals surface area contributed by atoms with Crippen molar-refractivity contribution >= 4 is 36.0 Å². The van der Waals surface area contributed by atoms with E-state index in [1.807, 2.05) is 75.4 Å². The maximum Gasteiger partial charge on any atom is 0.312 e. The van der Waals surface area contributed by atoms with Gasteiger partial charge >= 0.3 is 7.44 Å². The summed E-state index contributed by atoms with van der Waals surface area (Å²) < 4.78 is 18.6. The Balaban J connectivity index is 1.70. The van der Waals surface area contributed by atoms with Gasteiger partial charge in [-0.25, -0.2) is 0 Å². The van der Waals surface area contributed by atoms with Crippen molar-refractivity contribution in [2.75, 3.05) is 9.87 Å². The molecule has 1 aromatic heterocycles. The second kappa shape index (κ2) is 8.56. The van der Waals surface area contributed by atoms with Crippen LogP contribution in [0.4, 0.5) is 17.1 Å². The predicted molar refractivity (Wildman–Crippen MR) is 140 cm³/mol. The molecule has 1 atom stereocenters. The van der Waals surface area contributed by atoms with Crippen LogP contribution < -0.4 is 15.2 Å². The van der Waals surface area contributed by atoms with E-state index in [2.05, 4.69) is 14.8 Å². The fourth-order valence-corrected chi connectivity index (χ4v) is 7.10. The molecule has 2 heterocycles. The summed E-state index contributed by atoms with van der Waals surface area (Å²) in [5.74, 6) is 0. The Bertz CT molecular complexity index is 1490. The van der Waals surface area contributed by atoms with Crippen LogP contribution in [0.2, 0.25) is 0 Å². The van der Waals surface area contributed by atoms with Gasteiger partial charge in [-0.05, 0) is 57.2 Å². The topological polar surface area (TPSA) is 92.8 Å². The number of nitro benzene ring substituents is 1. The van der Waals surface area contributed by atoms with Crippen molar-refractivity contribution in [2.24, 2.45) is 5.10 Å². The number of rotatable bonds is 5. The highest BCUT2D eigenvalue weighted by atomic mass is 31.2. The van der Waals surface area contributed by atoms with Crippen LogP contribution in [0, 0.1) is 30.9 Å². The molecule has 5 rings (SSSR count). The molecule has 1 N–H and O–H groups in total. The van der Waals surface area contributed by atoms with Gasteiger partial charge in [0, 0.05) is 40.5 Å². The highest BCUT2D eigenvalue weighted by Gasteiger charge is 2.42. The summed E-state index contributed by atoms with van der Waals surface area (Å²) in [6.45, 7) is 5.99. The maximum atomic E-state index is 15.0. The third-order valence-corrected chi connectivity index (χ3v) is 8.76. The van der Waals surface area contributed by atoms with Crippen LogP contribution >= 0.6 is 7.44 Å². The van der Waals surface area contributed by atoms with Gasteiger partial charge in [-0.3, -0.25) is 14.7 Å². The fraction of sp³-hybridized carbons (Fsp3) is 0.115. The Morgan fingerprint density at radius 1 is 0.857 bits per heavy atom. The number of nitro groups is 1. The second-order valence-corrected chi connectivity index (χ2v) is 10.7. The molecule has 176 valence electrons. The molecule has 4 aromatic rings. The van der Waals surface area contributed by atoms with Crippen LogP contribution in [0.3, 0.4) is 0 Å². The molecule has 3 aromatic carbocycles. The molecular formula is C26H24N5O3P. The summed E-state index contributed by atoms with van der Waals surface area (Å²) in [4.78, 5) is 10.6. The van der Waals surface area contributed by atoms with E-state index in [0.717, 1.165) is 28.2 Å². The molecule has 1 aliphatic heterocycles. The van der Waals surface area contributed by atoms with Crippen LogP contribution in [0.15, 0.2) is 84.0 Å². The monoisotopic (exact) mass is 485 g/mol. The van der Waals surface area contributed by atoms with Gasteiger partial charge in [0.05, 0.1) is 22.1 Å². The Morgan fingerprint density at radius 2 is 1.51 bits per heavy atom. The summed E-state index contributed by atoms with van der Waals surface area (Å²) in [7, 11) is -3.58. The minimum atomic E-state index is -3.58. The van der Waals surface area contributed by atoms with Gasteiger partial charge in [0.2, 0.25) is 0 Å². The number of hydrazone groups is 1. The van der Waals surface area contributed by atoms with Crippen LogP contribution in [-0.2, 0) is 4.57 Å². The lowest BCUT2D eigenvalue weighted by atomic mass is 10.2. The molecule has 9 heteroatoms. The van der Waals surface area contributed by atoms with Crippen molar-refractivity contribution in [3.05, 3.63) is 111 Å². The lowest BCUT2D eigenvalue weighted by Crippen LogP contribution is -2.32. The Morgan fingerprint density at radius 3 is 2.14 bits per heavy atom. The third-order valence-electron chi connectivity index (χ3n) is 6.16. The van der Waals surface area contributed by atoms with Crippen molar-refractivity contribution in [1.82, 2.24) is 4.57 Å². The zero-order chi connectivity index (χ0) is 24.7. The minimum Gasteiger partial charge on any atom is -0.317 e. The van der Waals surface area contributed by atoms with Crippen molar-refractivity contribution < 1.29 is 9.49 Å². The number of hydrogen-bond acceptors (Lipinski definition) is 4. The smallest absolute Gasteiger partial charge is 0.312 e. The SMILES string of the molecule is Cc1ccc(-n2c(C)c3c(c2C)P(=O)(Nc2ccc([N+](=O)[O-])cc2)N(c2ccccc2)N=C3)cc1. The fourth-order valence-electron chi connectivity index (χ4n) is 4.47. The molecule has 1 unspecified atom stereocenters. The lowest BCUT2D eigenvalue weighted by Gasteiger charge is -2.33. The molecule has 1 aliphatic rings. The molecule has 0 saturated carbocycles. The van der Waals surface area contributed by atoms with Gasteiger partial charge in [-0.15, -0.1) is 0 Å². The van der Waals surface area contributed by atoms with Gasteiger partial charge in [0.1, 0.15) is 0 Å². The van der Waals surface area contributed by atoms with Crippen LogP contribution in [-0.4, -0.2) is 15.7 Å². The van der Waals surface area contributed by atoms with E-state index >= 15 is 4.57 Å². The number of anilines is 2. The average Bonchev–Trinajstić information content (AvgIpc) is 3.11. The van der Waals surface area contributed by atoms with Crippen molar-refractivity contribution in [1.29, 1.82) is 0 Å². The van der Waals surface area contributed by atoms with E-state index in [-0.39, 0.29) is 5.69 Å². The highest BCUT2D eigenvalue weighted by molar-refractivity contribution is 7.74. The number of aromatic nitrogens is 1. The Labute approximate surface area is 203 Å². The highest BCUT2D eigenvalue weighted by Crippen LogP contribution is 2.54. The summed E-state index contributed by atoms with van der Waals surface area (Å²) in [5.41, 5.74) is 5.84. The van der Waals surface area contributed by atoms with Crippen molar-refractivity contribution in [3.8, 4) is 5.69 Å². The normalized spacial score (nSPS) is 16.7. The number of nitrogens with one attached hydrogen (secondary N) is 1. The first kappa shape index (κ1) is 22.6. The molecular weight excluding hydrogens is 461 g/mol. The molecule has 8 nitrogen and oxygen atoms in total. The first-order chi connectivity index (χ1) is 16.8. The van der Waals surface area contributed by atoms with E-state index in [1.165, 1.54) is 16.9 Å². The van der Waals surface area contributed by atoms with E-state index in [1.54, 1.807) is 18.3 Å². The predicted octanol–water partition coefficient (Wildman–Crippen LogP) is 6.10. The molecule has 0 saturated heterocycles. The van der Waals surface area contributed by atoms with Crippen LogP contribution in [0.25, 0.3) is 5.69 Å². The molecule has 35 heavy (non-hydrogen) atoms. The number of para-hydroxylation sites is 1. The van der Waals surface area contributed by atoms with E-state index in [9.17, 15) is 10.1 Å².